The Morgan fingerprint density at radius 1 is 1.38 bits per heavy atom. The monoisotopic (exact) mass is 293 g/mol. The number of nitrogens with zero attached hydrogens (tertiary/aromatic N) is 1. The lowest BCUT2D eigenvalue weighted by atomic mass is 10.1. The van der Waals surface area contributed by atoms with E-state index in [-0.39, 0.29) is 22.9 Å². The third-order valence-corrected chi connectivity index (χ3v) is 3.33. The Kier molecular flexibility index (Phi) is 4.64. The van der Waals surface area contributed by atoms with Gasteiger partial charge < -0.3 is 25.8 Å². The van der Waals surface area contributed by atoms with Gasteiger partial charge in [0.15, 0.2) is 0 Å². The molecule has 2 rings (SSSR count). The lowest BCUT2D eigenvalue weighted by Crippen LogP contribution is -2.50. The highest BCUT2D eigenvalue weighted by Gasteiger charge is 2.24. The zero-order chi connectivity index (χ0) is 15.4. The molecule has 1 heterocycles. The molecule has 1 aliphatic rings. The van der Waals surface area contributed by atoms with Gasteiger partial charge in [0, 0.05) is 18.7 Å². The Morgan fingerprint density at radius 3 is 2.67 bits per heavy atom. The molecule has 4 N–H and O–H groups in total. The maximum absolute atomic E-state index is 12.2. The minimum atomic E-state index is -0.643. The van der Waals surface area contributed by atoms with Gasteiger partial charge in [-0.1, -0.05) is 0 Å². The third kappa shape index (κ3) is 3.63. The number of hydrogen-bond acceptors (Lipinski definition) is 5. The molecule has 2 amide bonds. The van der Waals surface area contributed by atoms with Gasteiger partial charge in [-0.05, 0) is 25.1 Å². The highest BCUT2D eigenvalue weighted by molar-refractivity contribution is 5.98. The van der Waals surface area contributed by atoms with E-state index in [0.29, 0.717) is 26.3 Å². The fraction of sp³-hybridized carbons (Fsp3) is 0.429. The Labute approximate surface area is 122 Å². The van der Waals surface area contributed by atoms with Gasteiger partial charge in [-0.25, -0.2) is 0 Å². The standard InChI is InChI=1S/C14H19N3O4/c1-9(14(20)17-4-6-21-7-5-17)16-13(19)10-2-3-11(15)12(18)8-10/h2-3,8-9,18H,4-7,15H2,1H3,(H,16,19). The molecule has 0 aromatic heterocycles. The van der Waals surface area contributed by atoms with Crippen LogP contribution in [-0.2, 0) is 9.53 Å². The van der Waals surface area contributed by atoms with Crippen LogP contribution in [0.25, 0.3) is 0 Å². The largest absolute Gasteiger partial charge is 0.506 e. The summed E-state index contributed by atoms with van der Waals surface area (Å²) in [6.07, 6.45) is 0. The molecule has 1 unspecified atom stereocenters. The Balaban J connectivity index is 1.97. The molecule has 1 fully saturated rings. The van der Waals surface area contributed by atoms with Crippen LogP contribution < -0.4 is 11.1 Å². The van der Waals surface area contributed by atoms with Crippen molar-refractivity contribution >= 4 is 17.5 Å². The second-order valence-electron chi connectivity index (χ2n) is 4.91. The first-order chi connectivity index (χ1) is 9.99. The van der Waals surface area contributed by atoms with Crippen molar-refractivity contribution in [3.63, 3.8) is 0 Å². The molecule has 0 spiro atoms. The van der Waals surface area contributed by atoms with Crippen molar-refractivity contribution < 1.29 is 19.4 Å². The van der Waals surface area contributed by atoms with Gasteiger partial charge in [0.25, 0.3) is 5.91 Å². The number of aromatic hydroxyl groups is 1. The number of morpholine rings is 1. The molecule has 0 radical (unpaired) electrons. The quantitative estimate of drug-likeness (QED) is 0.535. The maximum atomic E-state index is 12.2. The van der Waals surface area contributed by atoms with E-state index in [2.05, 4.69) is 5.32 Å². The van der Waals surface area contributed by atoms with Crippen LogP contribution in [0.4, 0.5) is 5.69 Å². The van der Waals surface area contributed by atoms with Crippen molar-refractivity contribution in [3.8, 4) is 5.75 Å². The number of nitrogens with one attached hydrogen (secondary N) is 1. The molecule has 114 valence electrons. The number of carbonyl (C=O) groups excluding carboxylic acids is 2. The van der Waals surface area contributed by atoms with E-state index in [1.54, 1.807) is 11.8 Å². The average Bonchev–Trinajstić information content (AvgIpc) is 2.50. The number of nitrogen functional groups attached to an aromatic ring is 1. The SMILES string of the molecule is CC(NC(=O)c1ccc(N)c(O)c1)C(=O)N1CCOCC1. The number of nitrogens with two attached hydrogens (primary N) is 1. The van der Waals surface area contributed by atoms with Crippen LogP contribution in [-0.4, -0.2) is 54.2 Å². The molecular formula is C14H19N3O4. The third-order valence-electron chi connectivity index (χ3n) is 3.33. The van der Waals surface area contributed by atoms with Crippen molar-refractivity contribution in [3.05, 3.63) is 23.8 Å². The zero-order valence-corrected chi connectivity index (χ0v) is 11.8. The number of benzene rings is 1. The molecular weight excluding hydrogens is 274 g/mol. The van der Waals surface area contributed by atoms with Crippen molar-refractivity contribution in [2.45, 2.75) is 13.0 Å². The second-order valence-corrected chi connectivity index (χ2v) is 4.91. The van der Waals surface area contributed by atoms with E-state index in [1.807, 2.05) is 0 Å². The number of carbonyl (C=O) groups is 2. The molecule has 0 bridgehead atoms. The predicted octanol–water partition coefficient (Wildman–Crippen LogP) is -0.0485. The van der Waals surface area contributed by atoms with Crippen LogP contribution in [0.2, 0.25) is 0 Å². The number of anilines is 1. The lowest BCUT2D eigenvalue weighted by molar-refractivity contribution is -0.136. The van der Waals surface area contributed by atoms with E-state index in [1.165, 1.54) is 18.2 Å². The summed E-state index contributed by atoms with van der Waals surface area (Å²) in [5, 5.41) is 12.1. The molecule has 1 aliphatic heterocycles. The highest BCUT2D eigenvalue weighted by atomic mass is 16.5. The Morgan fingerprint density at radius 2 is 2.05 bits per heavy atom. The summed E-state index contributed by atoms with van der Waals surface area (Å²) in [6.45, 7) is 3.72. The minimum Gasteiger partial charge on any atom is -0.506 e. The van der Waals surface area contributed by atoms with Crippen LogP contribution in [0.5, 0.6) is 5.75 Å². The summed E-state index contributed by atoms with van der Waals surface area (Å²) in [7, 11) is 0. The number of rotatable bonds is 3. The van der Waals surface area contributed by atoms with E-state index >= 15 is 0 Å². The van der Waals surface area contributed by atoms with Crippen LogP contribution in [0.15, 0.2) is 18.2 Å². The predicted molar refractivity (Wildman–Crippen MR) is 76.8 cm³/mol. The minimum absolute atomic E-state index is 0.147. The second kappa shape index (κ2) is 6.45. The van der Waals surface area contributed by atoms with Crippen LogP contribution in [0.3, 0.4) is 0 Å². The number of hydrogen-bond donors (Lipinski definition) is 3. The highest BCUT2D eigenvalue weighted by Crippen LogP contribution is 2.20. The summed E-state index contributed by atoms with van der Waals surface area (Å²) >= 11 is 0. The smallest absolute Gasteiger partial charge is 0.252 e. The molecule has 1 aromatic carbocycles. The number of amides is 2. The maximum Gasteiger partial charge on any atom is 0.252 e. The molecule has 21 heavy (non-hydrogen) atoms. The van der Waals surface area contributed by atoms with Gasteiger partial charge in [-0.15, -0.1) is 0 Å². The van der Waals surface area contributed by atoms with Gasteiger partial charge >= 0.3 is 0 Å². The molecule has 1 atom stereocenters. The number of phenolic OH excluding ortho intramolecular Hbond substituents is 1. The van der Waals surface area contributed by atoms with Crippen molar-refractivity contribution in [2.75, 3.05) is 32.0 Å². The fourth-order valence-corrected chi connectivity index (χ4v) is 2.08. The van der Waals surface area contributed by atoms with Gasteiger partial charge in [0.05, 0.1) is 18.9 Å². The average molecular weight is 293 g/mol. The van der Waals surface area contributed by atoms with Gasteiger partial charge in [-0.3, -0.25) is 9.59 Å². The van der Waals surface area contributed by atoms with Gasteiger partial charge in [-0.2, -0.15) is 0 Å². The van der Waals surface area contributed by atoms with Crippen LogP contribution >= 0.6 is 0 Å². The van der Waals surface area contributed by atoms with Crippen LogP contribution in [0.1, 0.15) is 17.3 Å². The number of phenols is 1. The van der Waals surface area contributed by atoms with E-state index < -0.39 is 11.9 Å². The van der Waals surface area contributed by atoms with Crippen molar-refractivity contribution in [1.82, 2.24) is 10.2 Å². The summed E-state index contributed by atoms with van der Waals surface area (Å²) in [6, 6.07) is 3.57. The first-order valence-electron chi connectivity index (χ1n) is 6.75. The molecule has 7 nitrogen and oxygen atoms in total. The molecule has 1 aromatic rings. The zero-order valence-electron chi connectivity index (χ0n) is 11.8. The summed E-state index contributed by atoms with van der Waals surface area (Å²) in [5.74, 6) is -0.736. The molecule has 7 heteroatoms. The molecule has 0 aliphatic carbocycles. The van der Waals surface area contributed by atoms with Crippen molar-refractivity contribution in [1.29, 1.82) is 0 Å². The number of ether oxygens (including phenoxy) is 1. The van der Waals surface area contributed by atoms with E-state index in [4.69, 9.17) is 10.5 Å². The first kappa shape index (κ1) is 15.1. The van der Waals surface area contributed by atoms with Crippen molar-refractivity contribution in [2.24, 2.45) is 0 Å². The summed E-state index contributed by atoms with van der Waals surface area (Å²) in [4.78, 5) is 25.9. The molecule has 0 saturated carbocycles. The fourth-order valence-electron chi connectivity index (χ4n) is 2.08. The summed E-state index contributed by atoms with van der Waals surface area (Å²) in [5.41, 5.74) is 5.93. The van der Waals surface area contributed by atoms with E-state index in [0.717, 1.165) is 0 Å². The lowest BCUT2D eigenvalue weighted by Gasteiger charge is -2.29. The van der Waals surface area contributed by atoms with Gasteiger partial charge in [0.1, 0.15) is 11.8 Å². The topological polar surface area (TPSA) is 105 Å². The first-order valence-corrected chi connectivity index (χ1v) is 6.75. The van der Waals surface area contributed by atoms with Gasteiger partial charge in [0.2, 0.25) is 5.91 Å². The molecule has 1 saturated heterocycles. The normalized spacial score (nSPS) is 16.3. The van der Waals surface area contributed by atoms with Crippen LogP contribution in [0, 0.1) is 0 Å². The van der Waals surface area contributed by atoms with E-state index in [9.17, 15) is 14.7 Å². The summed E-state index contributed by atoms with van der Waals surface area (Å²) < 4.78 is 5.18. The Bertz CT molecular complexity index is 541. The Hall–Kier alpha value is -2.28.